The highest BCUT2D eigenvalue weighted by molar-refractivity contribution is 7.99. The zero-order valence-corrected chi connectivity index (χ0v) is 13.7. The molecule has 1 unspecified atom stereocenters. The molecule has 6 heteroatoms. The molecule has 0 spiro atoms. The third-order valence-corrected chi connectivity index (χ3v) is 4.63. The lowest BCUT2D eigenvalue weighted by molar-refractivity contribution is -0.127. The minimum atomic E-state index is -0.218. The second kappa shape index (κ2) is 5.96. The average Bonchev–Trinajstić information content (AvgIpc) is 2.78. The van der Waals surface area contributed by atoms with Crippen LogP contribution in [0.4, 0.5) is 5.95 Å². The van der Waals surface area contributed by atoms with Crippen molar-refractivity contribution in [3.05, 3.63) is 42.1 Å². The summed E-state index contributed by atoms with van der Waals surface area (Å²) in [6.07, 6.45) is 1.74. The van der Waals surface area contributed by atoms with Gasteiger partial charge in [0.15, 0.2) is 0 Å². The van der Waals surface area contributed by atoms with Crippen molar-refractivity contribution >= 4 is 23.6 Å². The summed E-state index contributed by atoms with van der Waals surface area (Å²) in [6.45, 7) is 4.48. The zero-order chi connectivity index (χ0) is 15.7. The SMILES string of the molecule is Cc1ccc(Sc2ccnc(N3CN(C)C(=O)C3C)n2)cc1. The van der Waals surface area contributed by atoms with Gasteiger partial charge in [-0.1, -0.05) is 29.5 Å². The monoisotopic (exact) mass is 314 g/mol. The first-order valence-electron chi connectivity index (χ1n) is 7.14. The highest BCUT2D eigenvalue weighted by Crippen LogP contribution is 2.28. The number of hydrogen-bond acceptors (Lipinski definition) is 5. The zero-order valence-electron chi connectivity index (χ0n) is 12.9. The molecule has 1 saturated heterocycles. The van der Waals surface area contributed by atoms with Gasteiger partial charge in [-0.15, -0.1) is 0 Å². The summed E-state index contributed by atoms with van der Waals surface area (Å²) in [7, 11) is 1.80. The van der Waals surface area contributed by atoms with Crippen LogP contribution in [-0.4, -0.2) is 40.5 Å². The van der Waals surface area contributed by atoms with Crippen LogP contribution in [-0.2, 0) is 4.79 Å². The fourth-order valence-corrected chi connectivity index (χ4v) is 3.13. The molecule has 1 atom stereocenters. The number of carbonyl (C=O) groups is 1. The number of anilines is 1. The molecule has 114 valence electrons. The number of nitrogens with zero attached hydrogens (tertiary/aromatic N) is 4. The molecule has 0 bridgehead atoms. The van der Waals surface area contributed by atoms with Crippen LogP contribution in [0.5, 0.6) is 0 Å². The number of amides is 1. The molecule has 1 aromatic heterocycles. The average molecular weight is 314 g/mol. The Morgan fingerprint density at radius 3 is 2.59 bits per heavy atom. The molecule has 3 rings (SSSR count). The van der Waals surface area contributed by atoms with Crippen molar-refractivity contribution in [2.75, 3.05) is 18.6 Å². The third-order valence-electron chi connectivity index (χ3n) is 3.68. The second-order valence-corrected chi connectivity index (χ2v) is 6.53. The fraction of sp³-hybridized carbons (Fsp3) is 0.312. The first-order valence-corrected chi connectivity index (χ1v) is 7.95. The molecule has 2 heterocycles. The van der Waals surface area contributed by atoms with Crippen LogP contribution in [0.3, 0.4) is 0 Å². The summed E-state index contributed by atoms with van der Waals surface area (Å²) in [6, 6.07) is 10.0. The number of rotatable bonds is 3. The molecular formula is C16H18N4OS. The van der Waals surface area contributed by atoms with Crippen molar-refractivity contribution in [2.24, 2.45) is 0 Å². The van der Waals surface area contributed by atoms with Gasteiger partial charge in [-0.05, 0) is 32.0 Å². The second-order valence-electron chi connectivity index (χ2n) is 5.43. The molecular weight excluding hydrogens is 296 g/mol. The van der Waals surface area contributed by atoms with Crippen LogP contribution < -0.4 is 4.90 Å². The number of aromatic nitrogens is 2. The number of carbonyl (C=O) groups excluding carboxylic acids is 1. The molecule has 0 saturated carbocycles. The summed E-state index contributed by atoms with van der Waals surface area (Å²) in [4.78, 5) is 25.6. The van der Waals surface area contributed by atoms with E-state index in [-0.39, 0.29) is 11.9 Å². The summed E-state index contributed by atoms with van der Waals surface area (Å²) < 4.78 is 0. The molecule has 1 aromatic carbocycles. The first kappa shape index (κ1) is 14.8. The van der Waals surface area contributed by atoms with Crippen molar-refractivity contribution in [2.45, 2.75) is 29.8 Å². The molecule has 2 aromatic rings. The lowest BCUT2D eigenvalue weighted by atomic mass is 10.2. The van der Waals surface area contributed by atoms with E-state index in [9.17, 15) is 4.79 Å². The van der Waals surface area contributed by atoms with Gasteiger partial charge in [0, 0.05) is 18.1 Å². The highest BCUT2D eigenvalue weighted by atomic mass is 32.2. The number of hydrogen-bond donors (Lipinski definition) is 0. The summed E-state index contributed by atoms with van der Waals surface area (Å²) in [5.41, 5.74) is 1.24. The first-order chi connectivity index (χ1) is 10.5. The van der Waals surface area contributed by atoms with Crippen molar-refractivity contribution in [1.29, 1.82) is 0 Å². The Morgan fingerprint density at radius 1 is 1.23 bits per heavy atom. The Bertz CT molecular complexity index is 689. The van der Waals surface area contributed by atoms with Gasteiger partial charge in [0.25, 0.3) is 0 Å². The van der Waals surface area contributed by atoms with E-state index in [4.69, 9.17) is 0 Å². The maximum Gasteiger partial charge on any atom is 0.246 e. The van der Waals surface area contributed by atoms with E-state index in [0.29, 0.717) is 12.6 Å². The van der Waals surface area contributed by atoms with Gasteiger partial charge >= 0.3 is 0 Å². The van der Waals surface area contributed by atoms with Gasteiger partial charge in [-0.25, -0.2) is 9.97 Å². The van der Waals surface area contributed by atoms with Crippen LogP contribution in [0.15, 0.2) is 46.5 Å². The van der Waals surface area contributed by atoms with Crippen LogP contribution in [0.1, 0.15) is 12.5 Å². The lowest BCUT2D eigenvalue weighted by Crippen LogP contribution is -2.31. The molecule has 22 heavy (non-hydrogen) atoms. The van der Waals surface area contributed by atoms with Gasteiger partial charge < -0.3 is 9.80 Å². The van der Waals surface area contributed by atoms with Crippen LogP contribution >= 0.6 is 11.8 Å². The van der Waals surface area contributed by atoms with E-state index in [0.717, 1.165) is 9.92 Å². The lowest BCUT2D eigenvalue weighted by Gasteiger charge is -2.18. The smallest absolute Gasteiger partial charge is 0.246 e. The predicted molar refractivity (Wildman–Crippen MR) is 86.9 cm³/mol. The fourth-order valence-electron chi connectivity index (χ4n) is 2.36. The quantitative estimate of drug-likeness (QED) is 0.815. The molecule has 1 aliphatic heterocycles. The van der Waals surface area contributed by atoms with E-state index >= 15 is 0 Å². The summed E-state index contributed by atoms with van der Waals surface area (Å²) >= 11 is 1.60. The molecule has 0 radical (unpaired) electrons. The number of likely N-dealkylation sites (N-methyl/N-ethyl adjacent to an activating group) is 1. The van der Waals surface area contributed by atoms with E-state index in [2.05, 4.69) is 41.2 Å². The predicted octanol–water partition coefficient (Wildman–Crippen LogP) is 2.56. The highest BCUT2D eigenvalue weighted by Gasteiger charge is 2.34. The Kier molecular flexibility index (Phi) is 4.02. The van der Waals surface area contributed by atoms with Crippen LogP contribution in [0.25, 0.3) is 0 Å². The van der Waals surface area contributed by atoms with Gasteiger partial charge in [0.1, 0.15) is 11.1 Å². The maximum absolute atomic E-state index is 11.9. The minimum absolute atomic E-state index is 0.0974. The molecule has 1 fully saturated rings. The maximum atomic E-state index is 11.9. The van der Waals surface area contributed by atoms with Crippen molar-refractivity contribution in [3.63, 3.8) is 0 Å². The number of benzene rings is 1. The number of aryl methyl sites for hydroxylation is 1. The van der Waals surface area contributed by atoms with E-state index in [1.807, 2.05) is 17.9 Å². The van der Waals surface area contributed by atoms with Crippen molar-refractivity contribution < 1.29 is 4.79 Å². The summed E-state index contributed by atoms with van der Waals surface area (Å²) in [5, 5.41) is 0.878. The summed E-state index contributed by atoms with van der Waals surface area (Å²) in [5.74, 6) is 0.697. The van der Waals surface area contributed by atoms with E-state index in [1.54, 1.807) is 29.9 Å². The van der Waals surface area contributed by atoms with Crippen molar-refractivity contribution in [1.82, 2.24) is 14.9 Å². The van der Waals surface area contributed by atoms with E-state index < -0.39 is 0 Å². The Labute approximate surface area is 134 Å². The molecule has 5 nitrogen and oxygen atoms in total. The van der Waals surface area contributed by atoms with Crippen LogP contribution in [0.2, 0.25) is 0 Å². The Hall–Kier alpha value is -2.08. The standard InChI is InChI=1S/C16H18N4OS/c1-11-4-6-13(7-5-11)22-14-8-9-17-16(18-14)20-10-19(3)15(21)12(20)2/h4-9,12H,10H2,1-3H3. The Balaban J connectivity index is 1.81. The van der Waals surface area contributed by atoms with E-state index in [1.165, 1.54) is 5.56 Å². The van der Waals surface area contributed by atoms with Crippen LogP contribution in [0, 0.1) is 6.92 Å². The van der Waals surface area contributed by atoms with Gasteiger partial charge in [-0.2, -0.15) is 0 Å². The molecule has 1 amide bonds. The van der Waals surface area contributed by atoms with Crippen molar-refractivity contribution in [3.8, 4) is 0 Å². The largest absolute Gasteiger partial charge is 0.326 e. The topological polar surface area (TPSA) is 49.3 Å². The van der Waals surface area contributed by atoms with Gasteiger partial charge in [0.2, 0.25) is 11.9 Å². The Morgan fingerprint density at radius 2 is 1.95 bits per heavy atom. The molecule has 0 N–H and O–H groups in total. The van der Waals surface area contributed by atoms with Gasteiger partial charge in [-0.3, -0.25) is 4.79 Å². The normalized spacial score (nSPS) is 18.1. The molecule has 1 aliphatic rings. The minimum Gasteiger partial charge on any atom is -0.326 e. The molecule has 0 aliphatic carbocycles. The third kappa shape index (κ3) is 2.92. The van der Waals surface area contributed by atoms with Gasteiger partial charge in [0.05, 0.1) is 6.67 Å².